The van der Waals surface area contributed by atoms with Crippen molar-refractivity contribution in [3.63, 3.8) is 0 Å². The van der Waals surface area contributed by atoms with Gasteiger partial charge in [-0.3, -0.25) is 9.78 Å². The monoisotopic (exact) mass is 279 g/mol. The Hall–Kier alpha value is -2.49. The third-order valence-electron chi connectivity index (χ3n) is 3.68. The Morgan fingerprint density at radius 1 is 1.19 bits per heavy atom. The van der Waals surface area contributed by atoms with Gasteiger partial charge in [0.1, 0.15) is 5.52 Å². The van der Waals surface area contributed by atoms with Crippen LogP contribution in [0.2, 0.25) is 0 Å². The Bertz CT molecular complexity index is 805. The lowest BCUT2D eigenvalue weighted by Gasteiger charge is -2.04. The summed E-state index contributed by atoms with van der Waals surface area (Å²) in [5.74, 6) is 0.155. The number of hydrogen-bond acceptors (Lipinski definition) is 3. The molecule has 0 fully saturated rings. The van der Waals surface area contributed by atoms with Gasteiger partial charge in [-0.2, -0.15) is 0 Å². The molecule has 1 N–H and O–H groups in total. The first-order chi connectivity index (χ1) is 10.2. The Kier molecular flexibility index (Phi) is 3.52. The number of H-pyrrole nitrogens is 1. The minimum absolute atomic E-state index is 0.155. The van der Waals surface area contributed by atoms with Gasteiger partial charge >= 0.3 is 0 Å². The normalized spacial score (nSPS) is 11.0. The van der Waals surface area contributed by atoms with E-state index in [2.05, 4.69) is 21.9 Å². The van der Waals surface area contributed by atoms with E-state index in [0.717, 1.165) is 40.0 Å². The van der Waals surface area contributed by atoms with Crippen LogP contribution in [-0.2, 0) is 6.42 Å². The molecule has 0 bridgehead atoms. The average Bonchev–Trinajstić information content (AvgIpc) is 2.92. The number of nitrogens with one attached hydrogen (secondary N) is 1. The minimum atomic E-state index is 0.155. The quantitative estimate of drug-likeness (QED) is 0.739. The van der Waals surface area contributed by atoms with Crippen LogP contribution < -0.4 is 0 Å². The minimum Gasteiger partial charge on any atom is -0.338 e. The predicted molar refractivity (Wildman–Crippen MR) is 83.3 cm³/mol. The van der Waals surface area contributed by atoms with Crippen molar-refractivity contribution in [3.8, 4) is 11.3 Å². The Morgan fingerprint density at radius 2 is 2.00 bits per heavy atom. The number of aromatic nitrogens is 3. The van der Waals surface area contributed by atoms with Crippen LogP contribution in [0.1, 0.15) is 36.2 Å². The van der Waals surface area contributed by atoms with Crippen molar-refractivity contribution in [3.05, 3.63) is 47.8 Å². The molecular weight excluding hydrogens is 262 g/mol. The molecule has 0 aliphatic carbocycles. The van der Waals surface area contributed by atoms with E-state index in [1.807, 2.05) is 31.2 Å². The number of fused-ring (bicyclic) bond motifs is 1. The van der Waals surface area contributed by atoms with Crippen molar-refractivity contribution in [2.75, 3.05) is 0 Å². The number of Topliss-reactive ketones (excluding diaryl/α,β-unsaturated/α-hetero) is 1. The maximum absolute atomic E-state index is 11.9. The summed E-state index contributed by atoms with van der Waals surface area (Å²) < 4.78 is 0. The second kappa shape index (κ2) is 5.48. The van der Waals surface area contributed by atoms with Gasteiger partial charge in [0.15, 0.2) is 11.4 Å². The fourth-order valence-corrected chi connectivity index (χ4v) is 2.61. The van der Waals surface area contributed by atoms with Crippen LogP contribution in [-0.4, -0.2) is 20.7 Å². The van der Waals surface area contributed by atoms with E-state index in [4.69, 9.17) is 0 Å². The third-order valence-corrected chi connectivity index (χ3v) is 3.68. The summed E-state index contributed by atoms with van der Waals surface area (Å²) in [6.07, 6.45) is 4.76. The van der Waals surface area contributed by atoms with Crippen molar-refractivity contribution >= 4 is 16.9 Å². The highest BCUT2D eigenvalue weighted by molar-refractivity contribution is 5.97. The molecule has 1 aromatic carbocycles. The van der Waals surface area contributed by atoms with Crippen LogP contribution in [0.3, 0.4) is 0 Å². The smallest absolute Gasteiger partial charge is 0.162 e. The zero-order valence-corrected chi connectivity index (χ0v) is 12.2. The molecule has 0 saturated heterocycles. The summed E-state index contributed by atoms with van der Waals surface area (Å²) >= 11 is 0. The van der Waals surface area contributed by atoms with Crippen molar-refractivity contribution in [2.24, 2.45) is 0 Å². The van der Waals surface area contributed by atoms with E-state index in [1.165, 1.54) is 0 Å². The molecule has 2 aromatic heterocycles. The van der Waals surface area contributed by atoms with Crippen molar-refractivity contribution in [1.82, 2.24) is 15.0 Å². The lowest BCUT2D eigenvalue weighted by atomic mass is 10.0. The van der Waals surface area contributed by atoms with E-state index < -0.39 is 0 Å². The van der Waals surface area contributed by atoms with E-state index in [0.29, 0.717) is 6.42 Å². The van der Waals surface area contributed by atoms with Crippen LogP contribution >= 0.6 is 0 Å². The largest absolute Gasteiger partial charge is 0.338 e. The molecule has 3 aromatic rings. The summed E-state index contributed by atoms with van der Waals surface area (Å²) in [5, 5.41) is 0. The molecular formula is C17H17N3O. The number of hydrogen-bond donors (Lipinski definition) is 1. The number of carbonyl (C=O) groups excluding carboxylic acids is 1. The van der Waals surface area contributed by atoms with Crippen molar-refractivity contribution in [2.45, 2.75) is 26.7 Å². The zero-order chi connectivity index (χ0) is 14.8. The van der Waals surface area contributed by atoms with E-state index in [-0.39, 0.29) is 5.78 Å². The molecule has 3 rings (SSSR count). The van der Waals surface area contributed by atoms with Crippen LogP contribution in [0.15, 0.2) is 36.7 Å². The molecule has 0 radical (unpaired) electrons. The van der Waals surface area contributed by atoms with E-state index in [1.54, 1.807) is 12.4 Å². The molecule has 0 aliphatic heterocycles. The molecule has 2 heterocycles. The first-order valence-electron chi connectivity index (χ1n) is 7.19. The highest BCUT2D eigenvalue weighted by Crippen LogP contribution is 2.29. The van der Waals surface area contributed by atoms with Gasteiger partial charge in [-0.15, -0.1) is 0 Å². The van der Waals surface area contributed by atoms with Crippen molar-refractivity contribution < 1.29 is 4.79 Å². The first-order valence-corrected chi connectivity index (χ1v) is 7.19. The number of benzene rings is 1. The van der Waals surface area contributed by atoms with Gasteiger partial charge in [0.05, 0.1) is 5.69 Å². The summed E-state index contributed by atoms with van der Waals surface area (Å²) in [4.78, 5) is 24.0. The number of nitrogens with zero attached hydrogens (tertiary/aromatic N) is 2. The molecule has 0 unspecified atom stereocenters. The van der Waals surface area contributed by atoms with Gasteiger partial charge < -0.3 is 4.98 Å². The Labute approximate surface area is 123 Å². The van der Waals surface area contributed by atoms with Crippen LogP contribution in [0, 0.1) is 0 Å². The molecule has 106 valence electrons. The number of carbonyl (C=O) groups is 1. The fraction of sp³-hybridized carbons (Fsp3) is 0.235. The number of aromatic amines is 1. The number of ketones is 1. The molecule has 4 heteroatoms. The van der Waals surface area contributed by atoms with Crippen molar-refractivity contribution in [1.29, 1.82) is 0 Å². The summed E-state index contributed by atoms with van der Waals surface area (Å²) in [7, 11) is 0. The van der Waals surface area contributed by atoms with Crippen LogP contribution in [0.5, 0.6) is 0 Å². The summed E-state index contributed by atoms with van der Waals surface area (Å²) in [6.45, 7) is 3.98. The van der Waals surface area contributed by atoms with Gasteiger partial charge in [-0.1, -0.05) is 32.0 Å². The van der Waals surface area contributed by atoms with E-state index >= 15 is 0 Å². The second-order valence-electron chi connectivity index (χ2n) is 4.94. The Morgan fingerprint density at radius 3 is 2.76 bits per heavy atom. The molecule has 0 amide bonds. The topological polar surface area (TPSA) is 58.6 Å². The van der Waals surface area contributed by atoms with Gasteiger partial charge in [-0.25, -0.2) is 4.98 Å². The van der Waals surface area contributed by atoms with Crippen LogP contribution in [0.25, 0.3) is 22.4 Å². The average molecular weight is 279 g/mol. The molecule has 21 heavy (non-hydrogen) atoms. The summed E-state index contributed by atoms with van der Waals surface area (Å²) in [6, 6.07) is 7.73. The lowest BCUT2D eigenvalue weighted by molar-refractivity contribution is 0.0988. The predicted octanol–water partition coefficient (Wildman–Crippen LogP) is 3.78. The molecule has 0 saturated carbocycles. The van der Waals surface area contributed by atoms with Gasteiger partial charge in [0.2, 0.25) is 0 Å². The van der Waals surface area contributed by atoms with Crippen LogP contribution in [0.4, 0.5) is 0 Å². The SMILES string of the molecule is CCC(=O)c1cccc(-c2[nH]c3nccnc3c2CC)c1. The molecule has 4 nitrogen and oxygen atoms in total. The highest BCUT2D eigenvalue weighted by Gasteiger charge is 2.14. The first kappa shape index (κ1) is 13.5. The molecule has 0 spiro atoms. The maximum Gasteiger partial charge on any atom is 0.162 e. The molecule has 0 atom stereocenters. The van der Waals surface area contributed by atoms with E-state index in [9.17, 15) is 4.79 Å². The second-order valence-corrected chi connectivity index (χ2v) is 4.94. The maximum atomic E-state index is 11.9. The molecule has 0 aliphatic rings. The van der Waals surface area contributed by atoms with Gasteiger partial charge in [0, 0.05) is 29.9 Å². The fourth-order valence-electron chi connectivity index (χ4n) is 2.61. The summed E-state index contributed by atoms with van der Waals surface area (Å²) in [5.41, 5.74) is 5.59. The zero-order valence-electron chi connectivity index (χ0n) is 12.2. The third kappa shape index (κ3) is 2.33. The standard InChI is InChI=1S/C17H17N3O/c1-3-13-15(20-17-16(13)18-8-9-19-17)12-7-5-6-11(10-12)14(21)4-2/h5-10H,3-4H2,1-2H3,(H,19,20). The number of rotatable bonds is 4. The Balaban J connectivity index is 2.18. The number of aryl methyl sites for hydroxylation is 1. The van der Waals surface area contributed by atoms with Gasteiger partial charge in [0.25, 0.3) is 0 Å². The lowest BCUT2D eigenvalue weighted by Crippen LogP contribution is -1.96. The van der Waals surface area contributed by atoms with Gasteiger partial charge in [-0.05, 0) is 18.1 Å². The highest BCUT2D eigenvalue weighted by atomic mass is 16.1.